The fraction of sp³-hybridized carbons (Fsp3) is 0.0938. The van der Waals surface area contributed by atoms with Crippen molar-refractivity contribution in [2.45, 2.75) is 6.92 Å². The van der Waals surface area contributed by atoms with Gasteiger partial charge in [-0.2, -0.15) is 5.10 Å². The molecule has 0 bridgehead atoms. The summed E-state index contributed by atoms with van der Waals surface area (Å²) in [7, 11) is 3.30. The SMILES string of the molecule is COc1cccc(-c2ccn3nccc(Oc4ccc(NC(=O)c5c(C)n(C)n(-c6ccccc6)c5=O)cc4F)c23)c1. The maximum atomic E-state index is 15.3. The van der Waals surface area contributed by atoms with E-state index < -0.39 is 17.3 Å². The lowest BCUT2D eigenvalue weighted by Gasteiger charge is -2.12. The number of methoxy groups -OCH3 is 1. The predicted octanol–water partition coefficient (Wildman–Crippen LogP) is 5.99. The topological polar surface area (TPSA) is 91.8 Å². The van der Waals surface area contributed by atoms with Crippen LogP contribution in [-0.2, 0) is 7.05 Å². The Balaban J connectivity index is 1.28. The van der Waals surface area contributed by atoms with Crippen LogP contribution in [0.5, 0.6) is 17.2 Å². The van der Waals surface area contributed by atoms with E-state index in [1.807, 2.05) is 48.5 Å². The molecule has 0 saturated heterocycles. The van der Waals surface area contributed by atoms with Gasteiger partial charge >= 0.3 is 0 Å². The van der Waals surface area contributed by atoms with Gasteiger partial charge in [-0.3, -0.25) is 14.3 Å². The van der Waals surface area contributed by atoms with Crippen molar-refractivity contribution in [1.29, 1.82) is 0 Å². The lowest BCUT2D eigenvalue weighted by atomic mass is 10.1. The first kappa shape index (κ1) is 26.6. The highest BCUT2D eigenvalue weighted by Crippen LogP contribution is 2.36. The van der Waals surface area contributed by atoms with Crippen molar-refractivity contribution < 1.29 is 18.7 Å². The first-order valence-corrected chi connectivity index (χ1v) is 13.1. The molecule has 0 fully saturated rings. The number of benzene rings is 3. The van der Waals surface area contributed by atoms with Crippen LogP contribution < -0.4 is 20.3 Å². The third-order valence-electron chi connectivity index (χ3n) is 7.09. The predicted molar refractivity (Wildman–Crippen MR) is 157 cm³/mol. The normalized spacial score (nSPS) is 11.0. The number of hydrogen-bond donors (Lipinski definition) is 1. The van der Waals surface area contributed by atoms with Gasteiger partial charge in [0, 0.05) is 36.6 Å². The van der Waals surface area contributed by atoms with Crippen LogP contribution in [0.2, 0.25) is 0 Å². The average Bonchev–Trinajstić information content (AvgIpc) is 3.53. The quantitative estimate of drug-likeness (QED) is 0.258. The smallest absolute Gasteiger partial charge is 0.284 e. The molecule has 1 N–H and O–H groups in total. The van der Waals surface area contributed by atoms with Crippen molar-refractivity contribution >= 4 is 17.1 Å². The molecule has 6 aromatic rings. The number of carbonyl (C=O) groups is 1. The summed E-state index contributed by atoms with van der Waals surface area (Å²) in [5, 5.41) is 6.99. The summed E-state index contributed by atoms with van der Waals surface area (Å²) in [5.41, 5.74) is 3.15. The molecule has 0 aliphatic carbocycles. The number of halogens is 1. The second-order valence-corrected chi connectivity index (χ2v) is 9.59. The fourth-order valence-electron chi connectivity index (χ4n) is 4.92. The van der Waals surface area contributed by atoms with Gasteiger partial charge < -0.3 is 14.8 Å². The van der Waals surface area contributed by atoms with Crippen LogP contribution in [0.25, 0.3) is 22.3 Å². The number of fused-ring (bicyclic) bond motifs is 1. The van der Waals surface area contributed by atoms with Crippen molar-refractivity contribution in [1.82, 2.24) is 19.0 Å². The molecule has 3 heterocycles. The number of amides is 1. The average molecular weight is 564 g/mol. The van der Waals surface area contributed by atoms with E-state index in [1.165, 1.54) is 16.8 Å². The Labute approximate surface area is 240 Å². The minimum Gasteiger partial charge on any atom is -0.497 e. The Hall–Kier alpha value is -5.64. The van der Waals surface area contributed by atoms with Crippen molar-refractivity contribution in [3.05, 3.63) is 125 Å². The van der Waals surface area contributed by atoms with E-state index in [2.05, 4.69) is 10.4 Å². The molecule has 0 spiro atoms. The zero-order valence-electron chi connectivity index (χ0n) is 23.0. The van der Waals surface area contributed by atoms with E-state index in [-0.39, 0.29) is 17.0 Å². The van der Waals surface area contributed by atoms with Crippen LogP contribution in [0.1, 0.15) is 16.1 Å². The molecule has 0 aliphatic rings. The molecule has 9 nitrogen and oxygen atoms in total. The third-order valence-corrected chi connectivity index (χ3v) is 7.09. The number of anilines is 1. The van der Waals surface area contributed by atoms with Gasteiger partial charge in [-0.1, -0.05) is 30.3 Å². The lowest BCUT2D eigenvalue weighted by molar-refractivity contribution is 0.102. The molecule has 6 rings (SSSR count). The van der Waals surface area contributed by atoms with Gasteiger partial charge in [-0.25, -0.2) is 13.6 Å². The van der Waals surface area contributed by atoms with Crippen LogP contribution in [0.15, 0.2) is 102 Å². The Morgan fingerprint density at radius 3 is 2.52 bits per heavy atom. The molecule has 210 valence electrons. The Morgan fingerprint density at radius 1 is 0.952 bits per heavy atom. The van der Waals surface area contributed by atoms with Crippen molar-refractivity contribution in [2.24, 2.45) is 7.05 Å². The van der Waals surface area contributed by atoms with Crippen LogP contribution >= 0.6 is 0 Å². The highest BCUT2D eigenvalue weighted by atomic mass is 19.1. The van der Waals surface area contributed by atoms with Gasteiger partial charge in [0.2, 0.25) is 0 Å². The van der Waals surface area contributed by atoms with E-state index in [0.717, 1.165) is 17.2 Å². The number of ether oxygens (including phenoxy) is 2. The van der Waals surface area contributed by atoms with Gasteiger partial charge in [-0.05, 0) is 55.0 Å². The van der Waals surface area contributed by atoms with E-state index in [4.69, 9.17) is 9.47 Å². The summed E-state index contributed by atoms with van der Waals surface area (Å²) >= 11 is 0. The summed E-state index contributed by atoms with van der Waals surface area (Å²) in [4.78, 5) is 26.4. The maximum Gasteiger partial charge on any atom is 0.284 e. The number of rotatable bonds is 7. The molecule has 42 heavy (non-hydrogen) atoms. The zero-order chi connectivity index (χ0) is 29.4. The zero-order valence-corrected chi connectivity index (χ0v) is 23.0. The standard InChI is InChI=1S/C32H26FN5O4/c1-20-29(32(40)38(36(20)2)23-9-5-4-6-10-23)31(39)35-22-12-13-27(26(33)19-22)42-28-14-16-34-37-17-15-25(30(28)37)21-8-7-11-24(18-21)41-3/h4-19H,1-3H3,(H,35,39). The van der Waals surface area contributed by atoms with Crippen LogP contribution in [0.4, 0.5) is 10.1 Å². The highest BCUT2D eigenvalue weighted by Gasteiger charge is 2.23. The number of carbonyl (C=O) groups excluding carboxylic acids is 1. The van der Waals surface area contributed by atoms with Crippen LogP contribution in [-0.4, -0.2) is 32.0 Å². The minimum atomic E-state index is -0.691. The molecule has 1 amide bonds. The summed E-state index contributed by atoms with van der Waals surface area (Å²) in [5.74, 6) is -0.274. The molecule has 3 aromatic carbocycles. The van der Waals surface area contributed by atoms with Crippen molar-refractivity contribution in [2.75, 3.05) is 12.4 Å². The third kappa shape index (κ3) is 4.68. The second kappa shape index (κ2) is 10.7. The highest BCUT2D eigenvalue weighted by molar-refractivity contribution is 6.05. The maximum absolute atomic E-state index is 15.3. The van der Waals surface area contributed by atoms with Crippen LogP contribution in [0.3, 0.4) is 0 Å². The molecule has 0 saturated carbocycles. The molecule has 0 aliphatic heterocycles. The van der Waals surface area contributed by atoms with E-state index in [9.17, 15) is 9.59 Å². The first-order valence-electron chi connectivity index (χ1n) is 13.1. The van der Waals surface area contributed by atoms with Gasteiger partial charge in [0.1, 0.15) is 16.8 Å². The first-order chi connectivity index (χ1) is 20.4. The van der Waals surface area contributed by atoms with Crippen molar-refractivity contribution in [3.63, 3.8) is 0 Å². The molecule has 0 unspecified atom stereocenters. The minimum absolute atomic E-state index is 0.0282. The summed E-state index contributed by atoms with van der Waals surface area (Å²) in [6, 6.07) is 24.2. The number of nitrogens with one attached hydrogen (secondary N) is 1. The van der Waals surface area contributed by atoms with E-state index in [0.29, 0.717) is 28.4 Å². The number of nitrogens with zero attached hydrogens (tertiary/aromatic N) is 4. The molecule has 10 heteroatoms. The Morgan fingerprint density at radius 2 is 1.76 bits per heavy atom. The number of para-hydroxylation sites is 1. The van der Waals surface area contributed by atoms with Gasteiger partial charge in [-0.15, -0.1) is 0 Å². The summed E-state index contributed by atoms with van der Waals surface area (Å²) in [6.45, 7) is 1.68. The number of aromatic nitrogens is 4. The second-order valence-electron chi connectivity index (χ2n) is 9.59. The summed E-state index contributed by atoms with van der Waals surface area (Å²) < 4.78 is 31.4. The van der Waals surface area contributed by atoms with E-state index >= 15 is 4.39 Å². The van der Waals surface area contributed by atoms with Gasteiger partial charge in [0.05, 0.1) is 24.7 Å². The molecular weight excluding hydrogens is 537 g/mol. The molecule has 0 radical (unpaired) electrons. The van der Waals surface area contributed by atoms with Gasteiger partial charge in [0.15, 0.2) is 17.3 Å². The monoisotopic (exact) mass is 563 g/mol. The fourth-order valence-corrected chi connectivity index (χ4v) is 4.92. The van der Waals surface area contributed by atoms with Gasteiger partial charge in [0.25, 0.3) is 11.5 Å². The molecule has 3 aromatic heterocycles. The Kier molecular flexibility index (Phi) is 6.79. The Bertz CT molecular complexity index is 2010. The summed E-state index contributed by atoms with van der Waals surface area (Å²) in [6.07, 6.45) is 3.36. The van der Waals surface area contributed by atoms with Crippen LogP contribution in [0, 0.1) is 12.7 Å². The number of hydrogen-bond acceptors (Lipinski definition) is 5. The molecule has 0 atom stereocenters. The largest absolute Gasteiger partial charge is 0.497 e. The lowest BCUT2D eigenvalue weighted by Crippen LogP contribution is -2.25. The van der Waals surface area contributed by atoms with E-state index in [1.54, 1.807) is 60.9 Å². The van der Waals surface area contributed by atoms with Crippen molar-refractivity contribution in [3.8, 4) is 34.1 Å². The molecular formula is C32H26FN5O4.